The van der Waals surface area contributed by atoms with Crippen molar-refractivity contribution in [2.24, 2.45) is 0 Å². The van der Waals surface area contributed by atoms with E-state index in [9.17, 15) is 4.39 Å². The van der Waals surface area contributed by atoms with Crippen LogP contribution in [-0.4, -0.2) is 29.7 Å². The van der Waals surface area contributed by atoms with Gasteiger partial charge in [-0.2, -0.15) is 0 Å². The SMILES string of the molecule is COc1ccccc1Nc1nnc(SCCOc2ccccc2F)s1. The van der Waals surface area contributed by atoms with Crippen LogP contribution in [0.1, 0.15) is 0 Å². The summed E-state index contributed by atoms with van der Waals surface area (Å²) >= 11 is 2.95. The first-order valence-corrected chi connectivity index (χ1v) is 9.30. The van der Waals surface area contributed by atoms with Gasteiger partial charge in [0, 0.05) is 5.75 Å². The summed E-state index contributed by atoms with van der Waals surface area (Å²) in [5.41, 5.74) is 0.834. The van der Waals surface area contributed by atoms with Gasteiger partial charge in [-0.15, -0.1) is 10.2 Å². The van der Waals surface area contributed by atoms with Crippen molar-refractivity contribution in [1.82, 2.24) is 10.2 Å². The van der Waals surface area contributed by atoms with Crippen molar-refractivity contribution < 1.29 is 13.9 Å². The summed E-state index contributed by atoms with van der Waals surface area (Å²) in [5, 5.41) is 12.1. The molecule has 3 aromatic rings. The van der Waals surface area contributed by atoms with E-state index >= 15 is 0 Å². The van der Waals surface area contributed by atoms with Gasteiger partial charge in [0.25, 0.3) is 0 Å². The van der Waals surface area contributed by atoms with E-state index in [1.54, 1.807) is 25.3 Å². The van der Waals surface area contributed by atoms with E-state index in [1.807, 2.05) is 24.3 Å². The zero-order valence-corrected chi connectivity index (χ0v) is 15.1. The molecule has 0 amide bonds. The van der Waals surface area contributed by atoms with E-state index in [4.69, 9.17) is 9.47 Å². The van der Waals surface area contributed by atoms with Crippen LogP contribution in [0.15, 0.2) is 52.9 Å². The lowest BCUT2D eigenvalue weighted by Crippen LogP contribution is -2.01. The molecule has 130 valence electrons. The fourth-order valence-corrected chi connectivity index (χ4v) is 3.68. The zero-order chi connectivity index (χ0) is 17.5. The molecule has 5 nitrogen and oxygen atoms in total. The minimum absolute atomic E-state index is 0.263. The van der Waals surface area contributed by atoms with Crippen LogP contribution in [-0.2, 0) is 0 Å². The highest BCUT2D eigenvalue weighted by molar-refractivity contribution is 8.01. The maximum Gasteiger partial charge on any atom is 0.210 e. The largest absolute Gasteiger partial charge is 0.495 e. The summed E-state index contributed by atoms with van der Waals surface area (Å²) in [6.07, 6.45) is 0. The van der Waals surface area contributed by atoms with Gasteiger partial charge in [0.1, 0.15) is 5.75 Å². The second-order valence-corrected chi connectivity index (χ2v) is 7.15. The van der Waals surface area contributed by atoms with Gasteiger partial charge in [-0.05, 0) is 24.3 Å². The van der Waals surface area contributed by atoms with Crippen molar-refractivity contribution in [1.29, 1.82) is 0 Å². The maximum absolute atomic E-state index is 13.4. The molecule has 0 saturated carbocycles. The molecule has 0 radical (unpaired) electrons. The Morgan fingerprint density at radius 2 is 1.84 bits per heavy atom. The number of hydrogen-bond acceptors (Lipinski definition) is 7. The van der Waals surface area contributed by atoms with Crippen molar-refractivity contribution in [3.8, 4) is 11.5 Å². The number of thioether (sulfide) groups is 1. The van der Waals surface area contributed by atoms with Gasteiger partial charge in [0.15, 0.2) is 15.9 Å². The first-order valence-electron chi connectivity index (χ1n) is 7.50. The lowest BCUT2D eigenvalue weighted by atomic mass is 10.3. The average molecular weight is 377 g/mol. The van der Waals surface area contributed by atoms with Crippen LogP contribution < -0.4 is 14.8 Å². The number of hydrogen-bond donors (Lipinski definition) is 1. The number of rotatable bonds is 8. The molecule has 0 fully saturated rings. The molecular formula is C17H16FN3O2S2. The second-order valence-electron chi connectivity index (χ2n) is 4.83. The van der Waals surface area contributed by atoms with Crippen molar-refractivity contribution in [2.75, 3.05) is 24.8 Å². The third-order valence-electron chi connectivity index (χ3n) is 3.16. The van der Waals surface area contributed by atoms with Crippen LogP contribution in [0.4, 0.5) is 15.2 Å². The fourth-order valence-electron chi connectivity index (χ4n) is 2.02. The Bertz CT molecular complexity index is 829. The molecule has 3 rings (SSSR count). The standard InChI is InChI=1S/C17H16FN3O2S2/c1-22-15-9-5-3-7-13(15)19-16-20-21-17(25-16)24-11-10-23-14-8-4-2-6-12(14)18/h2-9H,10-11H2,1H3,(H,19,20). The van der Waals surface area contributed by atoms with Crippen LogP contribution in [0, 0.1) is 5.82 Å². The number of aromatic nitrogens is 2. The number of halogens is 1. The first-order chi connectivity index (χ1) is 12.3. The number of anilines is 2. The van der Waals surface area contributed by atoms with Crippen LogP contribution >= 0.6 is 23.1 Å². The molecule has 0 saturated heterocycles. The molecule has 0 unspecified atom stereocenters. The minimum atomic E-state index is -0.355. The summed E-state index contributed by atoms with van der Waals surface area (Å²) in [5.74, 6) is 1.30. The van der Waals surface area contributed by atoms with Gasteiger partial charge in [-0.1, -0.05) is 47.4 Å². The van der Waals surface area contributed by atoms with Crippen molar-refractivity contribution in [3.05, 3.63) is 54.3 Å². The van der Waals surface area contributed by atoms with Crippen molar-refractivity contribution >= 4 is 33.9 Å². The number of methoxy groups -OCH3 is 1. The average Bonchev–Trinajstić information content (AvgIpc) is 3.08. The van der Waals surface area contributed by atoms with Crippen LogP contribution in [0.25, 0.3) is 0 Å². The summed E-state index contributed by atoms with van der Waals surface area (Å²) in [6, 6.07) is 14.0. The molecule has 1 aromatic heterocycles. The summed E-state index contributed by atoms with van der Waals surface area (Å²) in [4.78, 5) is 0. The Kier molecular flexibility index (Phi) is 6.08. The second kappa shape index (κ2) is 8.68. The predicted octanol–water partition coefficient (Wildman–Crippen LogP) is 4.60. The lowest BCUT2D eigenvalue weighted by molar-refractivity contribution is 0.325. The van der Waals surface area contributed by atoms with E-state index < -0.39 is 0 Å². The van der Waals surface area contributed by atoms with Gasteiger partial charge >= 0.3 is 0 Å². The Labute approximate surface area is 153 Å². The van der Waals surface area contributed by atoms with Crippen molar-refractivity contribution in [2.45, 2.75) is 4.34 Å². The molecule has 1 heterocycles. The highest BCUT2D eigenvalue weighted by atomic mass is 32.2. The predicted molar refractivity (Wildman–Crippen MR) is 98.8 cm³/mol. The smallest absolute Gasteiger partial charge is 0.210 e. The van der Waals surface area contributed by atoms with E-state index in [-0.39, 0.29) is 11.6 Å². The van der Waals surface area contributed by atoms with Crippen LogP contribution in [0.3, 0.4) is 0 Å². The molecule has 0 bridgehead atoms. The Morgan fingerprint density at radius 1 is 1.08 bits per heavy atom. The first kappa shape index (κ1) is 17.5. The molecule has 0 aliphatic heterocycles. The van der Waals surface area contributed by atoms with Crippen LogP contribution in [0.2, 0.25) is 0 Å². The van der Waals surface area contributed by atoms with Gasteiger partial charge < -0.3 is 14.8 Å². The monoisotopic (exact) mass is 377 g/mol. The Balaban J connectivity index is 1.49. The number of para-hydroxylation sites is 3. The summed E-state index contributed by atoms with van der Waals surface area (Å²) in [6.45, 7) is 0.389. The molecule has 2 aromatic carbocycles. The molecule has 0 atom stereocenters. The van der Waals surface area contributed by atoms with E-state index in [2.05, 4.69) is 15.5 Å². The quantitative estimate of drug-likeness (QED) is 0.457. The maximum atomic E-state index is 13.4. The van der Waals surface area contributed by atoms with E-state index in [0.717, 1.165) is 15.8 Å². The Hall–Kier alpha value is -2.32. The molecule has 0 aliphatic rings. The number of ether oxygens (including phenoxy) is 2. The molecule has 0 aliphatic carbocycles. The van der Waals surface area contributed by atoms with Crippen LogP contribution in [0.5, 0.6) is 11.5 Å². The molecule has 1 N–H and O–H groups in total. The summed E-state index contributed by atoms with van der Waals surface area (Å²) < 4.78 is 25.0. The minimum Gasteiger partial charge on any atom is -0.495 e. The normalized spacial score (nSPS) is 10.5. The Morgan fingerprint density at radius 3 is 2.64 bits per heavy atom. The topological polar surface area (TPSA) is 56.3 Å². The zero-order valence-electron chi connectivity index (χ0n) is 13.4. The highest BCUT2D eigenvalue weighted by Crippen LogP contribution is 2.31. The van der Waals surface area contributed by atoms with Gasteiger partial charge in [-0.3, -0.25) is 0 Å². The molecule has 0 spiro atoms. The summed E-state index contributed by atoms with van der Waals surface area (Å²) in [7, 11) is 1.62. The number of nitrogens with one attached hydrogen (secondary N) is 1. The fraction of sp³-hybridized carbons (Fsp3) is 0.176. The highest BCUT2D eigenvalue weighted by Gasteiger charge is 2.08. The third kappa shape index (κ3) is 4.83. The lowest BCUT2D eigenvalue weighted by Gasteiger charge is -2.07. The molecular weight excluding hydrogens is 361 g/mol. The van der Waals surface area contributed by atoms with Gasteiger partial charge in [0.05, 0.1) is 19.4 Å². The van der Waals surface area contributed by atoms with Gasteiger partial charge in [0.2, 0.25) is 5.13 Å². The number of benzene rings is 2. The third-order valence-corrected chi connectivity index (χ3v) is 5.09. The van der Waals surface area contributed by atoms with Gasteiger partial charge in [-0.25, -0.2) is 4.39 Å². The van der Waals surface area contributed by atoms with Crippen molar-refractivity contribution in [3.63, 3.8) is 0 Å². The van der Waals surface area contributed by atoms with E-state index in [0.29, 0.717) is 17.5 Å². The number of nitrogens with zero attached hydrogens (tertiary/aromatic N) is 2. The molecule has 8 heteroatoms. The molecule has 25 heavy (non-hydrogen) atoms. The van der Waals surface area contributed by atoms with E-state index in [1.165, 1.54) is 29.2 Å².